The number of hydrogen-bond donors (Lipinski definition) is 2. The van der Waals surface area contributed by atoms with E-state index in [0.717, 1.165) is 16.6 Å². The lowest BCUT2D eigenvalue weighted by atomic mass is 10.2. The lowest BCUT2D eigenvalue weighted by Gasteiger charge is -2.04. The van der Waals surface area contributed by atoms with Gasteiger partial charge in [0.05, 0.1) is 16.6 Å². The van der Waals surface area contributed by atoms with Crippen LogP contribution in [0.2, 0.25) is 10.0 Å². The van der Waals surface area contributed by atoms with Crippen LogP contribution in [0.25, 0.3) is 11.0 Å². The number of hydrogen-bond acceptors (Lipinski definition) is 2. The SMILES string of the molecule is NC(=O)Cn1c(N)[n+](Cc2ccc(Cl)c(Cl)c2)c2ccccc21. The Kier molecular flexibility index (Phi) is 4.15. The van der Waals surface area contributed by atoms with E-state index in [4.69, 9.17) is 34.7 Å². The third-order valence-corrected chi connectivity index (χ3v) is 4.39. The monoisotopic (exact) mass is 349 g/mol. The molecule has 0 spiro atoms. The molecular formula is C16H15Cl2N4O+. The maximum absolute atomic E-state index is 11.3. The number of nitrogen functional groups attached to an aromatic ring is 1. The number of fused-ring (bicyclic) bond motifs is 1. The highest BCUT2D eigenvalue weighted by Crippen LogP contribution is 2.23. The highest BCUT2D eigenvalue weighted by atomic mass is 35.5. The van der Waals surface area contributed by atoms with Crippen molar-refractivity contribution < 1.29 is 9.36 Å². The summed E-state index contributed by atoms with van der Waals surface area (Å²) in [4.78, 5) is 11.3. The number of halogens is 2. The number of rotatable bonds is 4. The maximum atomic E-state index is 11.3. The second kappa shape index (κ2) is 6.10. The number of anilines is 1. The molecule has 0 bridgehead atoms. The molecule has 7 heteroatoms. The Morgan fingerprint density at radius 2 is 1.87 bits per heavy atom. The molecule has 0 aliphatic heterocycles. The molecule has 0 aliphatic carbocycles. The van der Waals surface area contributed by atoms with Crippen LogP contribution in [0.5, 0.6) is 0 Å². The molecule has 118 valence electrons. The summed E-state index contributed by atoms with van der Waals surface area (Å²) >= 11 is 12.0. The lowest BCUT2D eigenvalue weighted by Crippen LogP contribution is -2.37. The van der Waals surface area contributed by atoms with Gasteiger partial charge in [0.15, 0.2) is 6.54 Å². The molecule has 1 heterocycles. The minimum Gasteiger partial charge on any atom is -0.367 e. The van der Waals surface area contributed by atoms with Gasteiger partial charge in [-0.15, -0.1) is 0 Å². The molecule has 1 amide bonds. The van der Waals surface area contributed by atoms with E-state index in [2.05, 4.69) is 0 Å². The molecule has 0 atom stereocenters. The fourth-order valence-electron chi connectivity index (χ4n) is 2.62. The van der Waals surface area contributed by atoms with Crippen LogP contribution in [0.4, 0.5) is 5.95 Å². The van der Waals surface area contributed by atoms with E-state index in [9.17, 15) is 4.79 Å². The van der Waals surface area contributed by atoms with E-state index < -0.39 is 5.91 Å². The number of para-hydroxylation sites is 2. The molecule has 0 unspecified atom stereocenters. The summed E-state index contributed by atoms with van der Waals surface area (Å²) in [5.74, 6) is 0.00946. The molecule has 4 N–H and O–H groups in total. The third kappa shape index (κ3) is 2.98. The molecule has 3 aromatic rings. The van der Waals surface area contributed by atoms with Crippen molar-refractivity contribution in [3.8, 4) is 0 Å². The summed E-state index contributed by atoms with van der Waals surface area (Å²) in [5.41, 5.74) is 14.3. The Morgan fingerprint density at radius 1 is 1.13 bits per heavy atom. The number of nitrogens with two attached hydrogens (primary N) is 2. The van der Waals surface area contributed by atoms with Crippen molar-refractivity contribution in [2.45, 2.75) is 13.1 Å². The quantitative estimate of drug-likeness (QED) is 0.709. The van der Waals surface area contributed by atoms with Crippen LogP contribution in [0, 0.1) is 0 Å². The Morgan fingerprint density at radius 3 is 2.57 bits per heavy atom. The van der Waals surface area contributed by atoms with Crippen LogP contribution in [0.15, 0.2) is 42.5 Å². The van der Waals surface area contributed by atoms with Gasteiger partial charge < -0.3 is 5.73 Å². The highest BCUT2D eigenvalue weighted by Gasteiger charge is 2.22. The zero-order valence-corrected chi connectivity index (χ0v) is 13.7. The van der Waals surface area contributed by atoms with Crippen molar-refractivity contribution in [3.05, 3.63) is 58.1 Å². The highest BCUT2D eigenvalue weighted by molar-refractivity contribution is 6.42. The first kappa shape index (κ1) is 15.6. The van der Waals surface area contributed by atoms with E-state index in [-0.39, 0.29) is 6.54 Å². The largest absolute Gasteiger partial charge is 0.367 e. The zero-order chi connectivity index (χ0) is 16.6. The Balaban J connectivity index is 2.11. The average Bonchev–Trinajstić information content (AvgIpc) is 2.76. The minimum absolute atomic E-state index is 0.0285. The number of primary amides is 1. The summed E-state index contributed by atoms with van der Waals surface area (Å²) in [6.07, 6.45) is 0. The van der Waals surface area contributed by atoms with E-state index >= 15 is 0 Å². The topological polar surface area (TPSA) is 77.9 Å². The third-order valence-electron chi connectivity index (χ3n) is 3.66. The lowest BCUT2D eigenvalue weighted by molar-refractivity contribution is -0.648. The number of imidazole rings is 1. The normalized spacial score (nSPS) is 11.0. The Hall–Kier alpha value is -2.24. The standard InChI is InChI=1S/C16H14Cl2N4O/c17-11-6-5-10(7-12(11)18)8-21-13-3-1-2-4-14(13)22(16(21)20)9-15(19)23/h1-7,20H,8-9H2,(H2,19,23)/p+1. The number of nitrogens with zero attached hydrogens (tertiary/aromatic N) is 2. The van der Waals surface area contributed by atoms with Crippen molar-refractivity contribution in [2.75, 3.05) is 5.73 Å². The number of benzene rings is 2. The molecule has 0 radical (unpaired) electrons. The number of aromatic nitrogens is 2. The van der Waals surface area contributed by atoms with E-state index in [1.54, 1.807) is 16.7 Å². The maximum Gasteiger partial charge on any atom is 0.356 e. The fraction of sp³-hybridized carbons (Fsp3) is 0.125. The van der Waals surface area contributed by atoms with Gasteiger partial charge in [-0.1, -0.05) is 41.4 Å². The molecule has 5 nitrogen and oxygen atoms in total. The molecule has 0 saturated heterocycles. The van der Waals surface area contributed by atoms with Gasteiger partial charge in [0, 0.05) is 0 Å². The molecule has 0 fully saturated rings. The minimum atomic E-state index is -0.445. The van der Waals surface area contributed by atoms with Crippen LogP contribution < -0.4 is 16.0 Å². The van der Waals surface area contributed by atoms with E-state index in [1.165, 1.54) is 0 Å². The molecule has 0 aliphatic rings. The molecule has 0 saturated carbocycles. The first-order valence-corrected chi connectivity index (χ1v) is 7.71. The van der Waals surface area contributed by atoms with Crippen LogP contribution in [0.3, 0.4) is 0 Å². The second-order valence-electron chi connectivity index (χ2n) is 5.23. The van der Waals surface area contributed by atoms with Crippen molar-refractivity contribution in [1.82, 2.24) is 4.57 Å². The van der Waals surface area contributed by atoms with Gasteiger partial charge in [-0.2, -0.15) is 0 Å². The number of carbonyl (C=O) groups is 1. The van der Waals surface area contributed by atoms with Crippen LogP contribution in [0.1, 0.15) is 5.56 Å². The molecule has 1 aromatic heterocycles. The van der Waals surface area contributed by atoms with Crippen molar-refractivity contribution in [1.29, 1.82) is 0 Å². The summed E-state index contributed by atoms with van der Waals surface area (Å²) in [6, 6.07) is 13.1. The Bertz CT molecular complexity index is 904. The van der Waals surface area contributed by atoms with Gasteiger partial charge in [0.1, 0.15) is 11.0 Å². The fourth-order valence-corrected chi connectivity index (χ4v) is 2.94. The number of amides is 1. The zero-order valence-electron chi connectivity index (χ0n) is 12.2. The molecular weight excluding hydrogens is 335 g/mol. The second-order valence-corrected chi connectivity index (χ2v) is 6.05. The van der Waals surface area contributed by atoms with Crippen molar-refractivity contribution in [2.24, 2.45) is 5.73 Å². The van der Waals surface area contributed by atoms with E-state index in [0.29, 0.717) is 22.5 Å². The van der Waals surface area contributed by atoms with Crippen LogP contribution in [-0.4, -0.2) is 10.5 Å². The van der Waals surface area contributed by atoms with Gasteiger partial charge in [-0.3, -0.25) is 10.5 Å². The van der Waals surface area contributed by atoms with Gasteiger partial charge in [-0.25, -0.2) is 9.13 Å². The van der Waals surface area contributed by atoms with Crippen LogP contribution in [-0.2, 0) is 17.9 Å². The van der Waals surface area contributed by atoms with Gasteiger partial charge in [0.2, 0.25) is 0 Å². The first-order valence-electron chi connectivity index (χ1n) is 6.96. The molecule has 2 aromatic carbocycles. The van der Waals surface area contributed by atoms with Gasteiger partial charge >= 0.3 is 5.95 Å². The van der Waals surface area contributed by atoms with Gasteiger partial charge in [-0.05, 0) is 29.8 Å². The summed E-state index contributed by atoms with van der Waals surface area (Å²) in [5, 5.41) is 0.994. The summed E-state index contributed by atoms with van der Waals surface area (Å²) in [6.45, 7) is 0.537. The number of carbonyl (C=O) groups excluding carboxylic acids is 1. The van der Waals surface area contributed by atoms with Crippen LogP contribution >= 0.6 is 23.2 Å². The predicted molar refractivity (Wildman–Crippen MR) is 91.3 cm³/mol. The van der Waals surface area contributed by atoms with Crippen molar-refractivity contribution >= 4 is 46.1 Å². The average molecular weight is 350 g/mol. The summed E-state index contributed by atoms with van der Waals surface area (Å²) in [7, 11) is 0. The molecule has 23 heavy (non-hydrogen) atoms. The molecule has 3 rings (SSSR count). The summed E-state index contributed by atoms with van der Waals surface area (Å²) < 4.78 is 3.62. The Labute approximate surface area is 143 Å². The van der Waals surface area contributed by atoms with Gasteiger partial charge in [0.25, 0.3) is 5.91 Å². The van der Waals surface area contributed by atoms with Crippen molar-refractivity contribution in [3.63, 3.8) is 0 Å². The van der Waals surface area contributed by atoms with E-state index in [1.807, 2.05) is 34.9 Å². The first-order chi connectivity index (χ1) is 11.0. The smallest absolute Gasteiger partial charge is 0.356 e. The predicted octanol–water partition coefficient (Wildman–Crippen LogP) is 2.35.